The van der Waals surface area contributed by atoms with Crippen LogP contribution in [0.2, 0.25) is 0 Å². The Bertz CT molecular complexity index is 1630. The molecule has 0 spiro atoms. The molecule has 2 rings (SSSR count). The van der Waals surface area contributed by atoms with E-state index >= 15 is 0 Å². The van der Waals surface area contributed by atoms with Crippen LogP contribution in [0.1, 0.15) is 51.2 Å². The largest absolute Gasteiger partial charge is 0.508 e. The van der Waals surface area contributed by atoms with Gasteiger partial charge in [0.25, 0.3) is 0 Å². The monoisotopic (exact) mass is 767 g/mol. The minimum atomic E-state index is -1.18. The molecule has 0 fully saturated rings. The number of carbonyl (C=O) groups excluding carboxylic acids is 7. The number of amides is 6. The standard InChI is InChI=1S/C37H53N9O9/c1-22(2)17-28(34(52)45-27(36(54)55-4)11-8-16-40-37(38)39)46-35(53)30(18-24-9-6-5-7-10-24)44-32(50)21-41-31(49)20-42-33(51)29(43-23(3)47)19-25-12-14-26(48)15-13-25/h5-7,9-10,12-15,22,27-30,48H,8,11,16-21H2,1-4H3,(H,41,49)(H,42,51)(H,43,47)(H,44,50)(H,45,52)(H,46,53)(H4,38,39,40)/t27-,28-,29-,30-/m0/s1. The number of phenols is 1. The molecule has 0 radical (unpaired) electrons. The summed E-state index contributed by atoms with van der Waals surface area (Å²) in [4.78, 5) is 93.8. The summed E-state index contributed by atoms with van der Waals surface area (Å²) in [5.41, 5.74) is 12.1. The average molecular weight is 768 g/mol. The van der Waals surface area contributed by atoms with Crippen LogP contribution in [0.3, 0.4) is 0 Å². The van der Waals surface area contributed by atoms with E-state index < -0.39 is 78.7 Å². The lowest BCUT2D eigenvalue weighted by Gasteiger charge is -2.26. The van der Waals surface area contributed by atoms with Gasteiger partial charge < -0.3 is 53.2 Å². The van der Waals surface area contributed by atoms with Crippen LogP contribution < -0.4 is 43.4 Å². The van der Waals surface area contributed by atoms with Crippen molar-refractivity contribution < 1.29 is 43.4 Å². The van der Waals surface area contributed by atoms with E-state index in [0.717, 1.165) is 0 Å². The topological polar surface area (TPSA) is 286 Å². The maximum absolute atomic E-state index is 13.7. The zero-order valence-corrected chi connectivity index (χ0v) is 31.6. The number of methoxy groups -OCH3 is 1. The Morgan fingerprint density at radius 3 is 1.85 bits per heavy atom. The normalized spacial score (nSPS) is 12.8. The first-order valence-electron chi connectivity index (χ1n) is 17.7. The molecule has 0 heterocycles. The van der Waals surface area contributed by atoms with Gasteiger partial charge in [-0.05, 0) is 48.4 Å². The second-order valence-corrected chi connectivity index (χ2v) is 13.2. The van der Waals surface area contributed by atoms with Gasteiger partial charge >= 0.3 is 5.97 Å². The maximum Gasteiger partial charge on any atom is 0.328 e. The number of aromatic hydroxyl groups is 1. The smallest absolute Gasteiger partial charge is 0.328 e. The van der Waals surface area contributed by atoms with Crippen LogP contribution in [0.5, 0.6) is 5.75 Å². The molecular weight excluding hydrogens is 714 g/mol. The molecular formula is C37H53N9O9. The number of carbonyl (C=O) groups is 7. The molecule has 0 aliphatic carbocycles. The van der Waals surface area contributed by atoms with Crippen molar-refractivity contribution in [1.82, 2.24) is 31.9 Å². The van der Waals surface area contributed by atoms with Crippen molar-refractivity contribution in [1.29, 1.82) is 0 Å². The van der Waals surface area contributed by atoms with Gasteiger partial charge in [0.1, 0.15) is 29.9 Å². The summed E-state index contributed by atoms with van der Waals surface area (Å²) >= 11 is 0. The molecule has 0 saturated heterocycles. The van der Waals surface area contributed by atoms with Gasteiger partial charge in [-0.2, -0.15) is 0 Å². The van der Waals surface area contributed by atoms with Crippen molar-refractivity contribution in [3.05, 3.63) is 65.7 Å². The van der Waals surface area contributed by atoms with E-state index in [1.54, 1.807) is 42.5 Å². The van der Waals surface area contributed by atoms with Crippen LogP contribution in [-0.4, -0.2) is 103 Å². The molecule has 4 atom stereocenters. The number of hydrogen-bond acceptors (Lipinski definition) is 10. The van der Waals surface area contributed by atoms with Gasteiger partial charge in [0.05, 0.1) is 20.2 Å². The van der Waals surface area contributed by atoms with Gasteiger partial charge in [-0.3, -0.25) is 33.8 Å². The number of esters is 1. The average Bonchev–Trinajstić information content (AvgIpc) is 3.13. The summed E-state index contributed by atoms with van der Waals surface area (Å²) in [6, 6.07) is 10.6. The highest BCUT2D eigenvalue weighted by molar-refractivity contribution is 5.95. The Hall–Kier alpha value is -6.20. The molecule has 2 aromatic rings. The number of ether oxygens (including phenoxy) is 1. The van der Waals surface area contributed by atoms with E-state index in [4.69, 9.17) is 16.2 Å². The highest BCUT2D eigenvalue weighted by atomic mass is 16.5. The van der Waals surface area contributed by atoms with Gasteiger partial charge in [0.2, 0.25) is 35.4 Å². The van der Waals surface area contributed by atoms with Crippen molar-refractivity contribution in [2.75, 3.05) is 26.7 Å². The van der Waals surface area contributed by atoms with Crippen molar-refractivity contribution in [3.63, 3.8) is 0 Å². The van der Waals surface area contributed by atoms with Crippen LogP contribution in [0, 0.1) is 5.92 Å². The van der Waals surface area contributed by atoms with E-state index in [2.05, 4.69) is 36.9 Å². The van der Waals surface area contributed by atoms with Crippen LogP contribution in [0.25, 0.3) is 0 Å². The second kappa shape index (κ2) is 23.5. The van der Waals surface area contributed by atoms with Crippen LogP contribution in [0.4, 0.5) is 0 Å². The van der Waals surface area contributed by atoms with Gasteiger partial charge in [0, 0.05) is 26.3 Å². The lowest BCUT2D eigenvalue weighted by Crippen LogP contribution is -2.57. The number of phenolic OH excluding ortho intramolecular Hbond substituents is 1. The SMILES string of the molecule is COC(=O)[C@H](CCCN=C(N)N)NC(=O)[C@H](CC(C)C)NC(=O)[C@H](Cc1ccccc1)NC(=O)CNC(=O)CNC(=O)[C@H](Cc1ccc(O)cc1)NC(C)=O. The summed E-state index contributed by atoms with van der Waals surface area (Å²) in [6.45, 7) is 4.10. The Balaban J connectivity index is 2.08. The molecule has 18 heteroatoms. The molecule has 0 aromatic heterocycles. The molecule has 18 nitrogen and oxygen atoms in total. The predicted octanol–water partition coefficient (Wildman–Crippen LogP) is -1.36. The fraction of sp³-hybridized carbons (Fsp3) is 0.459. The first-order chi connectivity index (χ1) is 26.1. The summed E-state index contributed by atoms with van der Waals surface area (Å²) < 4.78 is 4.85. The summed E-state index contributed by atoms with van der Waals surface area (Å²) in [5.74, 6) is -4.70. The molecule has 6 amide bonds. The van der Waals surface area contributed by atoms with Crippen molar-refractivity contribution >= 4 is 47.4 Å². The lowest BCUT2D eigenvalue weighted by atomic mass is 10.0. The number of nitrogens with one attached hydrogen (secondary N) is 6. The highest BCUT2D eigenvalue weighted by Gasteiger charge is 2.31. The van der Waals surface area contributed by atoms with Crippen molar-refractivity contribution in [3.8, 4) is 5.75 Å². The Labute approximate surface area is 320 Å². The highest BCUT2D eigenvalue weighted by Crippen LogP contribution is 2.12. The fourth-order valence-corrected chi connectivity index (χ4v) is 5.30. The second-order valence-electron chi connectivity index (χ2n) is 13.2. The van der Waals surface area contributed by atoms with Crippen LogP contribution in [0.15, 0.2) is 59.6 Å². The molecule has 2 aromatic carbocycles. The number of guanidine groups is 1. The fourth-order valence-electron chi connectivity index (χ4n) is 5.30. The first-order valence-corrected chi connectivity index (χ1v) is 17.7. The quantitative estimate of drug-likeness (QED) is 0.0292. The first kappa shape index (κ1) is 45.0. The molecule has 0 aliphatic heterocycles. The Morgan fingerprint density at radius 1 is 0.709 bits per heavy atom. The molecule has 0 saturated carbocycles. The summed E-state index contributed by atoms with van der Waals surface area (Å²) in [5, 5.41) is 24.8. The summed E-state index contributed by atoms with van der Waals surface area (Å²) in [6.07, 6.45) is 0.846. The van der Waals surface area contributed by atoms with E-state index in [1.807, 2.05) is 13.8 Å². The molecule has 0 unspecified atom stereocenters. The molecule has 11 N–H and O–H groups in total. The number of benzene rings is 2. The molecule has 0 bridgehead atoms. The number of hydrogen-bond donors (Lipinski definition) is 9. The zero-order valence-electron chi connectivity index (χ0n) is 31.6. The molecule has 300 valence electrons. The van der Waals surface area contributed by atoms with Gasteiger partial charge in [0.15, 0.2) is 5.96 Å². The minimum absolute atomic E-state index is 0.0365. The zero-order chi connectivity index (χ0) is 40.9. The molecule has 0 aliphatic rings. The van der Waals surface area contributed by atoms with Crippen molar-refractivity contribution in [2.45, 2.75) is 77.0 Å². The predicted molar refractivity (Wildman–Crippen MR) is 203 cm³/mol. The lowest BCUT2D eigenvalue weighted by molar-refractivity contribution is -0.145. The number of nitrogens with two attached hydrogens (primary N) is 2. The molecule has 55 heavy (non-hydrogen) atoms. The number of aliphatic imine (C=N–C) groups is 1. The van der Waals surface area contributed by atoms with E-state index in [9.17, 15) is 38.7 Å². The maximum atomic E-state index is 13.7. The summed E-state index contributed by atoms with van der Waals surface area (Å²) in [7, 11) is 1.19. The van der Waals surface area contributed by atoms with Gasteiger partial charge in [-0.1, -0.05) is 56.3 Å². The third kappa shape index (κ3) is 17.9. The third-order valence-electron chi connectivity index (χ3n) is 7.96. The third-order valence-corrected chi connectivity index (χ3v) is 7.96. The van der Waals surface area contributed by atoms with E-state index in [1.165, 1.54) is 26.2 Å². The Kier molecular flexibility index (Phi) is 19.2. The van der Waals surface area contributed by atoms with Crippen molar-refractivity contribution in [2.24, 2.45) is 22.4 Å². The Morgan fingerprint density at radius 2 is 1.27 bits per heavy atom. The number of nitrogens with zero attached hydrogens (tertiary/aromatic N) is 1. The van der Waals surface area contributed by atoms with Gasteiger partial charge in [-0.25, -0.2) is 4.79 Å². The van der Waals surface area contributed by atoms with E-state index in [0.29, 0.717) is 17.5 Å². The van der Waals surface area contributed by atoms with Crippen LogP contribution in [-0.2, 0) is 51.1 Å². The van der Waals surface area contributed by atoms with Gasteiger partial charge in [-0.15, -0.1) is 0 Å². The van der Waals surface area contributed by atoms with E-state index in [-0.39, 0.29) is 49.9 Å². The van der Waals surface area contributed by atoms with Crippen LogP contribution >= 0.6 is 0 Å². The minimum Gasteiger partial charge on any atom is -0.508 e. The number of rotatable bonds is 22.